The molecule has 0 bridgehead atoms. The molecule has 1 atom stereocenters. The molecule has 0 aliphatic heterocycles. The Labute approximate surface area is 70.2 Å². The summed E-state index contributed by atoms with van der Waals surface area (Å²) in [4.78, 5) is 10.2. The van der Waals surface area contributed by atoms with Gasteiger partial charge in [-0.05, 0) is 11.1 Å². The standard InChI is InChI=1S/C9H8NO2/c11-10(12)9-5-7-3-1-2-4-8(7)6-9/h1-5,9H,6H2. The van der Waals surface area contributed by atoms with Crippen LogP contribution in [0.5, 0.6) is 0 Å². The minimum absolute atomic E-state index is 0.236. The Balaban J connectivity index is 2.27. The van der Waals surface area contributed by atoms with Gasteiger partial charge in [0.15, 0.2) is 0 Å². The number of hydrogen-bond acceptors (Lipinski definition) is 2. The SMILES string of the molecule is O=[N+]([O-])C1[CH]c2ccccc2C1. The van der Waals surface area contributed by atoms with Crippen molar-refractivity contribution in [2.45, 2.75) is 12.5 Å². The smallest absolute Gasteiger partial charge is 0.224 e. The van der Waals surface area contributed by atoms with Crippen molar-refractivity contribution < 1.29 is 4.92 Å². The van der Waals surface area contributed by atoms with Gasteiger partial charge in [0.25, 0.3) is 0 Å². The zero-order valence-corrected chi connectivity index (χ0v) is 6.43. The van der Waals surface area contributed by atoms with Crippen molar-refractivity contribution in [1.82, 2.24) is 0 Å². The molecule has 12 heavy (non-hydrogen) atoms. The number of fused-ring (bicyclic) bond motifs is 1. The summed E-state index contributed by atoms with van der Waals surface area (Å²) >= 11 is 0. The number of nitro groups is 1. The average Bonchev–Trinajstić information content (AvgIpc) is 2.46. The first-order valence-corrected chi connectivity index (χ1v) is 3.83. The van der Waals surface area contributed by atoms with Crippen LogP contribution in [0, 0.1) is 16.5 Å². The van der Waals surface area contributed by atoms with Crippen LogP contribution in [0.4, 0.5) is 0 Å². The second-order valence-corrected chi connectivity index (χ2v) is 2.92. The molecule has 0 saturated heterocycles. The normalized spacial score (nSPS) is 16.0. The van der Waals surface area contributed by atoms with E-state index in [0.717, 1.165) is 11.1 Å². The summed E-state index contributed by atoms with van der Waals surface area (Å²) < 4.78 is 0. The van der Waals surface area contributed by atoms with E-state index in [1.54, 1.807) is 6.42 Å². The van der Waals surface area contributed by atoms with Crippen LogP contribution in [0.15, 0.2) is 24.3 Å². The maximum absolute atomic E-state index is 10.4. The van der Waals surface area contributed by atoms with Crippen LogP contribution in [0.1, 0.15) is 11.1 Å². The topological polar surface area (TPSA) is 43.1 Å². The van der Waals surface area contributed by atoms with Crippen LogP contribution in [0.2, 0.25) is 0 Å². The first kappa shape index (κ1) is 7.28. The molecule has 1 radical (unpaired) electrons. The highest BCUT2D eigenvalue weighted by atomic mass is 16.6. The molecule has 3 nitrogen and oxygen atoms in total. The average molecular weight is 162 g/mol. The van der Waals surface area contributed by atoms with Gasteiger partial charge >= 0.3 is 0 Å². The third-order valence-corrected chi connectivity index (χ3v) is 2.13. The first-order chi connectivity index (χ1) is 5.77. The largest absolute Gasteiger partial charge is 0.264 e. The van der Waals surface area contributed by atoms with Crippen molar-refractivity contribution in [1.29, 1.82) is 0 Å². The third-order valence-electron chi connectivity index (χ3n) is 2.13. The molecule has 0 fully saturated rings. The van der Waals surface area contributed by atoms with E-state index in [2.05, 4.69) is 0 Å². The molecule has 0 N–H and O–H groups in total. The Bertz CT molecular complexity index is 297. The number of hydrogen-bond donors (Lipinski definition) is 0. The van der Waals surface area contributed by atoms with E-state index in [-0.39, 0.29) is 4.92 Å². The predicted octanol–water partition coefficient (Wildman–Crippen LogP) is 1.44. The molecule has 1 aromatic carbocycles. The molecule has 1 unspecified atom stereocenters. The Hall–Kier alpha value is -1.38. The van der Waals surface area contributed by atoms with Gasteiger partial charge in [-0.15, -0.1) is 0 Å². The highest BCUT2D eigenvalue weighted by Gasteiger charge is 2.29. The molecule has 0 aromatic heterocycles. The van der Waals surface area contributed by atoms with Crippen LogP contribution in [0.25, 0.3) is 0 Å². The van der Waals surface area contributed by atoms with Crippen LogP contribution >= 0.6 is 0 Å². The highest BCUT2D eigenvalue weighted by molar-refractivity contribution is 5.39. The molecule has 1 aromatic rings. The van der Waals surface area contributed by atoms with Gasteiger partial charge in [-0.2, -0.15) is 0 Å². The van der Waals surface area contributed by atoms with Crippen molar-refractivity contribution >= 4 is 0 Å². The van der Waals surface area contributed by atoms with Crippen molar-refractivity contribution in [2.75, 3.05) is 0 Å². The van der Waals surface area contributed by atoms with Gasteiger partial charge in [0.2, 0.25) is 6.04 Å². The summed E-state index contributed by atoms with van der Waals surface area (Å²) in [7, 11) is 0. The molecule has 0 spiro atoms. The van der Waals surface area contributed by atoms with Gasteiger partial charge in [-0.3, -0.25) is 10.1 Å². The van der Waals surface area contributed by atoms with Crippen molar-refractivity contribution in [2.24, 2.45) is 0 Å². The zero-order valence-electron chi connectivity index (χ0n) is 6.43. The Morgan fingerprint density at radius 2 is 2.17 bits per heavy atom. The Morgan fingerprint density at radius 1 is 1.42 bits per heavy atom. The second-order valence-electron chi connectivity index (χ2n) is 2.92. The van der Waals surface area contributed by atoms with Gasteiger partial charge in [0.1, 0.15) is 0 Å². The lowest BCUT2D eigenvalue weighted by Crippen LogP contribution is -2.17. The number of rotatable bonds is 1. The van der Waals surface area contributed by atoms with Gasteiger partial charge in [0.05, 0.1) is 6.42 Å². The molecule has 0 amide bonds. The predicted molar refractivity (Wildman–Crippen MR) is 44.3 cm³/mol. The fraction of sp³-hybridized carbons (Fsp3) is 0.222. The summed E-state index contributed by atoms with van der Waals surface area (Å²) in [6.07, 6.45) is 2.26. The lowest BCUT2D eigenvalue weighted by atomic mass is 10.1. The van der Waals surface area contributed by atoms with Crippen LogP contribution in [-0.2, 0) is 6.42 Å². The van der Waals surface area contributed by atoms with E-state index in [9.17, 15) is 10.1 Å². The van der Waals surface area contributed by atoms with Gasteiger partial charge in [-0.25, -0.2) is 0 Å². The van der Waals surface area contributed by atoms with Crippen molar-refractivity contribution in [3.63, 3.8) is 0 Å². The van der Waals surface area contributed by atoms with Gasteiger partial charge in [0, 0.05) is 11.3 Å². The summed E-state index contributed by atoms with van der Waals surface area (Å²) in [5.41, 5.74) is 2.10. The van der Waals surface area contributed by atoms with Crippen molar-refractivity contribution in [3.8, 4) is 0 Å². The molecular weight excluding hydrogens is 154 g/mol. The summed E-state index contributed by atoms with van der Waals surface area (Å²) in [6, 6.07) is 7.16. The van der Waals surface area contributed by atoms with E-state index < -0.39 is 6.04 Å². The molecule has 1 aliphatic rings. The Kier molecular flexibility index (Phi) is 1.57. The van der Waals surface area contributed by atoms with E-state index in [0.29, 0.717) is 6.42 Å². The number of nitrogens with zero attached hydrogens (tertiary/aromatic N) is 1. The van der Waals surface area contributed by atoms with Gasteiger partial charge < -0.3 is 0 Å². The maximum atomic E-state index is 10.4. The van der Waals surface area contributed by atoms with Gasteiger partial charge in [-0.1, -0.05) is 24.3 Å². The van der Waals surface area contributed by atoms with Crippen molar-refractivity contribution in [3.05, 3.63) is 51.9 Å². The van der Waals surface area contributed by atoms with E-state index in [4.69, 9.17) is 0 Å². The van der Waals surface area contributed by atoms with E-state index in [1.807, 2.05) is 24.3 Å². The second kappa shape index (κ2) is 2.59. The third kappa shape index (κ3) is 1.07. The lowest BCUT2D eigenvalue weighted by Gasteiger charge is -1.96. The first-order valence-electron chi connectivity index (χ1n) is 3.83. The summed E-state index contributed by atoms with van der Waals surface area (Å²) in [6.45, 7) is 0. The fourth-order valence-electron chi connectivity index (χ4n) is 1.51. The van der Waals surface area contributed by atoms with E-state index >= 15 is 0 Å². The molecule has 2 rings (SSSR count). The molecule has 0 saturated carbocycles. The molecule has 1 aliphatic carbocycles. The molecular formula is C9H8NO2. The number of benzene rings is 1. The monoisotopic (exact) mass is 162 g/mol. The minimum atomic E-state index is -0.512. The quantitative estimate of drug-likeness (QED) is 0.463. The molecule has 3 heteroatoms. The lowest BCUT2D eigenvalue weighted by molar-refractivity contribution is -0.510. The minimum Gasteiger partial charge on any atom is -0.264 e. The zero-order chi connectivity index (χ0) is 8.55. The maximum Gasteiger partial charge on any atom is 0.224 e. The Morgan fingerprint density at radius 3 is 2.83 bits per heavy atom. The molecule has 0 heterocycles. The van der Waals surface area contributed by atoms with Crippen LogP contribution in [0.3, 0.4) is 0 Å². The van der Waals surface area contributed by atoms with Crippen LogP contribution in [-0.4, -0.2) is 11.0 Å². The van der Waals surface area contributed by atoms with E-state index in [1.165, 1.54) is 0 Å². The summed E-state index contributed by atoms with van der Waals surface area (Å²) in [5.74, 6) is 0. The fourth-order valence-corrected chi connectivity index (χ4v) is 1.51. The van der Waals surface area contributed by atoms with Crippen LogP contribution < -0.4 is 0 Å². The highest BCUT2D eigenvalue weighted by Crippen LogP contribution is 2.24. The summed E-state index contributed by atoms with van der Waals surface area (Å²) in [5, 5.41) is 10.4. The molecule has 61 valence electrons.